The summed E-state index contributed by atoms with van der Waals surface area (Å²) in [6.07, 6.45) is -2.62. The molecule has 4 nitrogen and oxygen atoms in total. The molecular formula is C16H21F3IN3O. The van der Waals surface area contributed by atoms with Crippen molar-refractivity contribution in [1.29, 1.82) is 0 Å². The molecule has 0 radical (unpaired) electrons. The molecule has 8 heteroatoms. The first kappa shape index (κ1) is 19.3. The molecular weight excluding hydrogens is 434 g/mol. The molecule has 24 heavy (non-hydrogen) atoms. The number of morpholine rings is 1. The highest BCUT2D eigenvalue weighted by Gasteiger charge is 2.33. The Morgan fingerprint density at radius 3 is 2.25 bits per heavy atom. The molecule has 0 amide bonds. The molecule has 3 rings (SSSR count). The summed E-state index contributed by atoms with van der Waals surface area (Å²) in [5, 5.41) is 0. The van der Waals surface area contributed by atoms with Gasteiger partial charge in [-0.2, -0.15) is 13.2 Å². The summed E-state index contributed by atoms with van der Waals surface area (Å²) >= 11 is 0. The predicted molar refractivity (Wildman–Crippen MR) is 96.6 cm³/mol. The van der Waals surface area contributed by atoms with E-state index in [0.29, 0.717) is 19.2 Å². The number of guanidine groups is 1. The van der Waals surface area contributed by atoms with Gasteiger partial charge in [0.2, 0.25) is 0 Å². The Bertz CT molecular complexity index is 565. The lowest BCUT2D eigenvalue weighted by molar-refractivity contribution is -0.137. The first-order valence-electron chi connectivity index (χ1n) is 7.76. The topological polar surface area (TPSA) is 50.8 Å². The Balaban J connectivity index is 0.00000208. The van der Waals surface area contributed by atoms with Gasteiger partial charge in [-0.05, 0) is 36.5 Å². The number of hydrogen-bond acceptors (Lipinski definition) is 2. The van der Waals surface area contributed by atoms with Crippen molar-refractivity contribution in [3.8, 4) is 0 Å². The lowest BCUT2D eigenvalue weighted by atomic mass is 9.76. The van der Waals surface area contributed by atoms with Gasteiger partial charge in [0.25, 0.3) is 0 Å². The summed E-state index contributed by atoms with van der Waals surface area (Å²) in [4.78, 5) is 6.53. The Morgan fingerprint density at radius 2 is 1.71 bits per heavy atom. The van der Waals surface area contributed by atoms with Gasteiger partial charge in [-0.15, -0.1) is 24.0 Å². The van der Waals surface area contributed by atoms with Gasteiger partial charge in [0, 0.05) is 13.1 Å². The monoisotopic (exact) mass is 455 g/mol. The Hall–Kier alpha value is -1.03. The molecule has 0 atom stereocenters. The summed E-state index contributed by atoms with van der Waals surface area (Å²) in [5.41, 5.74) is 6.34. The summed E-state index contributed by atoms with van der Waals surface area (Å²) < 4.78 is 42.9. The second-order valence-corrected chi connectivity index (χ2v) is 6.03. The van der Waals surface area contributed by atoms with Crippen molar-refractivity contribution in [1.82, 2.24) is 4.90 Å². The largest absolute Gasteiger partial charge is 0.416 e. The van der Waals surface area contributed by atoms with Crippen molar-refractivity contribution in [2.45, 2.75) is 31.0 Å². The molecule has 0 aromatic heterocycles. The van der Waals surface area contributed by atoms with E-state index in [1.165, 1.54) is 0 Å². The number of rotatable bonds is 2. The normalized spacial score (nSPS) is 25.0. The Kier molecular flexibility index (Phi) is 6.35. The maximum absolute atomic E-state index is 12.6. The van der Waals surface area contributed by atoms with E-state index >= 15 is 0 Å². The van der Waals surface area contributed by atoms with Crippen molar-refractivity contribution in [2.24, 2.45) is 10.7 Å². The highest BCUT2D eigenvalue weighted by Crippen LogP contribution is 2.40. The van der Waals surface area contributed by atoms with Gasteiger partial charge in [-0.25, -0.2) is 4.99 Å². The van der Waals surface area contributed by atoms with E-state index in [1.807, 2.05) is 4.90 Å². The highest BCUT2D eigenvalue weighted by atomic mass is 127. The van der Waals surface area contributed by atoms with Crippen LogP contribution in [-0.4, -0.2) is 43.2 Å². The second-order valence-electron chi connectivity index (χ2n) is 6.03. The van der Waals surface area contributed by atoms with Crippen LogP contribution in [0.4, 0.5) is 13.2 Å². The van der Waals surface area contributed by atoms with Gasteiger partial charge in [-0.3, -0.25) is 0 Å². The van der Waals surface area contributed by atoms with E-state index < -0.39 is 11.7 Å². The molecule has 1 saturated heterocycles. The number of ether oxygens (including phenoxy) is 1. The highest BCUT2D eigenvalue weighted by molar-refractivity contribution is 14.0. The summed E-state index contributed by atoms with van der Waals surface area (Å²) in [6, 6.07) is 5.59. The fourth-order valence-corrected chi connectivity index (χ4v) is 2.97. The number of alkyl halides is 3. The van der Waals surface area contributed by atoms with Crippen LogP contribution < -0.4 is 5.73 Å². The van der Waals surface area contributed by atoms with Crippen LogP contribution in [0.3, 0.4) is 0 Å². The van der Waals surface area contributed by atoms with E-state index in [9.17, 15) is 13.2 Å². The van der Waals surface area contributed by atoms with Crippen molar-refractivity contribution < 1.29 is 17.9 Å². The lowest BCUT2D eigenvalue weighted by Crippen LogP contribution is -2.46. The zero-order chi connectivity index (χ0) is 16.4. The fourth-order valence-electron chi connectivity index (χ4n) is 2.97. The van der Waals surface area contributed by atoms with Crippen LogP contribution in [-0.2, 0) is 10.9 Å². The number of nitrogens with two attached hydrogens (primary N) is 1. The van der Waals surface area contributed by atoms with Crippen molar-refractivity contribution in [2.75, 3.05) is 26.3 Å². The second kappa shape index (κ2) is 7.90. The van der Waals surface area contributed by atoms with Crippen LogP contribution in [0.15, 0.2) is 29.3 Å². The molecule has 2 N–H and O–H groups in total. The van der Waals surface area contributed by atoms with Crippen LogP contribution in [0.2, 0.25) is 0 Å². The van der Waals surface area contributed by atoms with Gasteiger partial charge in [0.15, 0.2) is 5.96 Å². The van der Waals surface area contributed by atoms with E-state index in [1.54, 1.807) is 12.1 Å². The zero-order valence-electron chi connectivity index (χ0n) is 13.1. The summed E-state index contributed by atoms with van der Waals surface area (Å²) in [5.74, 6) is 0.813. The minimum atomic E-state index is -4.28. The minimum Gasteiger partial charge on any atom is -0.378 e. The van der Waals surface area contributed by atoms with E-state index in [0.717, 1.165) is 43.6 Å². The molecule has 134 valence electrons. The molecule has 1 saturated carbocycles. The third-order valence-electron chi connectivity index (χ3n) is 4.47. The Labute approximate surface area is 156 Å². The molecule has 1 aliphatic heterocycles. The summed E-state index contributed by atoms with van der Waals surface area (Å²) in [7, 11) is 0. The standard InChI is InChI=1S/C16H20F3N3O.HI/c17-16(18,19)13-3-1-11(2-4-13)12-9-14(10-12)21-15(20)22-5-7-23-8-6-22;/h1-4,12,14H,5-10H2,(H2,20,21);1H. The van der Waals surface area contributed by atoms with Gasteiger partial charge in [0.05, 0.1) is 24.8 Å². The summed E-state index contributed by atoms with van der Waals surface area (Å²) in [6.45, 7) is 2.83. The maximum Gasteiger partial charge on any atom is 0.416 e. The molecule has 0 bridgehead atoms. The average molecular weight is 455 g/mol. The van der Waals surface area contributed by atoms with Gasteiger partial charge in [0.1, 0.15) is 0 Å². The number of aliphatic imine (C=N–C) groups is 1. The average Bonchev–Trinajstić information content (AvgIpc) is 2.50. The molecule has 0 unspecified atom stereocenters. The predicted octanol–water partition coefficient (Wildman–Crippen LogP) is 3.22. The number of nitrogens with zero attached hydrogens (tertiary/aromatic N) is 2. The van der Waals surface area contributed by atoms with Gasteiger partial charge < -0.3 is 15.4 Å². The van der Waals surface area contributed by atoms with Crippen LogP contribution in [0.1, 0.15) is 29.9 Å². The minimum absolute atomic E-state index is 0. The first-order chi connectivity index (χ1) is 10.9. The molecule has 1 aromatic carbocycles. The van der Waals surface area contributed by atoms with Crippen molar-refractivity contribution in [3.63, 3.8) is 0 Å². The van der Waals surface area contributed by atoms with Crippen LogP contribution in [0.25, 0.3) is 0 Å². The van der Waals surface area contributed by atoms with Crippen LogP contribution >= 0.6 is 24.0 Å². The molecule has 2 fully saturated rings. The van der Waals surface area contributed by atoms with E-state index in [-0.39, 0.29) is 35.9 Å². The number of hydrogen-bond donors (Lipinski definition) is 1. The van der Waals surface area contributed by atoms with Gasteiger partial charge >= 0.3 is 6.18 Å². The fraction of sp³-hybridized carbons (Fsp3) is 0.562. The maximum atomic E-state index is 12.6. The number of benzene rings is 1. The molecule has 0 spiro atoms. The van der Waals surface area contributed by atoms with E-state index in [4.69, 9.17) is 10.5 Å². The molecule has 1 aromatic rings. The Morgan fingerprint density at radius 1 is 1.12 bits per heavy atom. The van der Waals surface area contributed by atoms with Crippen LogP contribution in [0, 0.1) is 0 Å². The molecule has 2 aliphatic rings. The smallest absolute Gasteiger partial charge is 0.378 e. The van der Waals surface area contributed by atoms with Crippen LogP contribution in [0.5, 0.6) is 0 Å². The van der Waals surface area contributed by atoms with Crippen molar-refractivity contribution >= 4 is 29.9 Å². The lowest BCUT2D eigenvalue weighted by Gasteiger charge is -2.35. The third-order valence-corrected chi connectivity index (χ3v) is 4.47. The van der Waals surface area contributed by atoms with Gasteiger partial charge in [-0.1, -0.05) is 12.1 Å². The molecule has 1 aliphatic carbocycles. The third kappa shape index (κ3) is 4.53. The first-order valence-corrected chi connectivity index (χ1v) is 7.76. The quantitative estimate of drug-likeness (QED) is 0.424. The van der Waals surface area contributed by atoms with Crippen molar-refractivity contribution in [3.05, 3.63) is 35.4 Å². The zero-order valence-corrected chi connectivity index (χ0v) is 15.5. The molecule has 1 heterocycles. The SMILES string of the molecule is I.NC(=NC1CC(c2ccc(C(F)(F)F)cc2)C1)N1CCOCC1. The number of halogens is 4. The van der Waals surface area contributed by atoms with E-state index in [2.05, 4.69) is 4.99 Å².